The van der Waals surface area contributed by atoms with Gasteiger partial charge in [-0.15, -0.1) is 0 Å². The van der Waals surface area contributed by atoms with Gasteiger partial charge in [0, 0.05) is 24.4 Å². The SMILES string of the molecule is CCNc1ncnc(-c2ccnc(OC)c2)c1OC. The van der Waals surface area contributed by atoms with Crippen LogP contribution in [0.25, 0.3) is 11.3 Å². The van der Waals surface area contributed by atoms with Crippen LogP contribution in [0.3, 0.4) is 0 Å². The van der Waals surface area contributed by atoms with Gasteiger partial charge >= 0.3 is 0 Å². The average molecular weight is 260 g/mol. The number of hydrogen-bond donors (Lipinski definition) is 1. The van der Waals surface area contributed by atoms with E-state index in [4.69, 9.17) is 9.47 Å². The maximum Gasteiger partial charge on any atom is 0.213 e. The second-order valence-electron chi connectivity index (χ2n) is 3.72. The van der Waals surface area contributed by atoms with Gasteiger partial charge in [-0.3, -0.25) is 0 Å². The summed E-state index contributed by atoms with van der Waals surface area (Å²) in [7, 11) is 3.18. The number of hydrogen-bond acceptors (Lipinski definition) is 6. The fourth-order valence-electron chi connectivity index (χ4n) is 1.73. The molecule has 6 heteroatoms. The van der Waals surface area contributed by atoms with Crippen molar-refractivity contribution in [1.29, 1.82) is 0 Å². The summed E-state index contributed by atoms with van der Waals surface area (Å²) in [5.74, 6) is 1.81. The van der Waals surface area contributed by atoms with Gasteiger partial charge in [0.1, 0.15) is 12.0 Å². The number of nitrogens with zero attached hydrogens (tertiary/aromatic N) is 3. The normalized spacial score (nSPS) is 10.1. The van der Waals surface area contributed by atoms with Crippen molar-refractivity contribution < 1.29 is 9.47 Å². The molecule has 0 spiro atoms. The summed E-state index contributed by atoms with van der Waals surface area (Å²) >= 11 is 0. The first-order chi connectivity index (χ1) is 9.30. The van der Waals surface area contributed by atoms with Crippen LogP contribution < -0.4 is 14.8 Å². The van der Waals surface area contributed by atoms with E-state index >= 15 is 0 Å². The zero-order valence-electron chi connectivity index (χ0n) is 11.2. The van der Waals surface area contributed by atoms with E-state index in [9.17, 15) is 0 Å². The van der Waals surface area contributed by atoms with Crippen molar-refractivity contribution in [2.75, 3.05) is 26.1 Å². The van der Waals surface area contributed by atoms with Crippen molar-refractivity contribution in [2.24, 2.45) is 0 Å². The van der Waals surface area contributed by atoms with Crippen molar-refractivity contribution >= 4 is 5.82 Å². The number of pyridine rings is 1. The van der Waals surface area contributed by atoms with Crippen molar-refractivity contribution in [3.8, 4) is 22.9 Å². The number of anilines is 1. The first kappa shape index (κ1) is 13.1. The van der Waals surface area contributed by atoms with Crippen LogP contribution in [-0.4, -0.2) is 35.7 Å². The zero-order valence-corrected chi connectivity index (χ0v) is 11.2. The Bertz CT molecular complexity index is 560. The minimum Gasteiger partial charge on any atom is -0.491 e. The second-order valence-corrected chi connectivity index (χ2v) is 3.72. The van der Waals surface area contributed by atoms with Gasteiger partial charge in [-0.2, -0.15) is 0 Å². The molecular formula is C13H16N4O2. The van der Waals surface area contributed by atoms with Crippen molar-refractivity contribution in [2.45, 2.75) is 6.92 Å². The predicted octanol–water partition coefficient (Wildman–Crippen LogP) is 1.99. The van der Waals surface area contributed by atoms with Crippen LogP contribution in [0.1, 0.15) is 6.92 Å². The van der Waals surface area contributed by atoms with E-state index in [1.807, 2.05) is 13.0 Å². The van der Waals surface area contributed by atoms with E-state index in [1.54, 1.807) is 26.5 Å². The maximum absolute atomic E-state index is 5.41. The van der Waals surface area contributed by atoms with Gasteiger partial charge in [0.25, 0.3) is 0 Å². The molecule has 19 heavy (non-hydrogen) atoms. The molecule has 2 aromatic heterocycles. The molecule has 2 rings (SSSR count). The Balaban J connectivity index is 2.51. The summed E-state index contributed by atoms with van der Waals surface area (Å²) in [4.78, 5) is 12.5. The monoisotopic (exact) mass is 260 g/mol. The summed E-state index contributed by atoms with van der Waals surface area (Å²) < 4.78 is 10.5. The molecule has 2 aromatic rings. The summed E-state index contributed by atoms with van der Waals surface area (Å²) in [6.45, 7) is 2.75. The summed E-state index contributed by atoms with van der Waals surface area (Å²) in [5.41, 5.74) is 1.57. The van der Waals surface area contributed by atoms with E-state index in [0.29, 0.717) is 23.1 Å². The molecule has 6 nitrogen and oxygen atoms in total. The van der Waals surface area contributed by atoms with Gasteiger partial charge in [0.15, 0.2) is 11.6 Å². The Kier molecular flexibility index (Phi) is 4.12. The maximum atomic E-state index is 5.41. The van der Waals surface area contributed by atoms with Gasteiger partial charge in [-0.05, 0) is 13.0 Å². The smallest absolute Gasteiger partial charge is 0.213 e. The van der Waals surface area contributed by atoms with E-state index in [2.05, 4.69) is 20.3 Å². The molecule has 0 aliphatic heterocycles. The van der Waals surface area contributed by atoms with Crippen LogP contribution in [0.15, 0.2) is 24.7 Å². The van der Waals surface area contributed by atoms with E-state index in [-0.39, 0.29) is 0 Å². The molecular weight excluding hydrogens is 244 g/mol. The molecule has 0 fully saturated rings. The van der Waals surface area contributed by atoms with E-state index in [1.165, 1.54) is 6.33 Å². The summed E-state index contributed by atoms with van der Waals surface area (Å²) in [5, 5.41) is 3.14. The number of aromatic nitrogens is 3. The number of ether oxygens (including phenoxy) is 2. The molecule has 1 N–H and O–H groups in total. The van der Waals surface area contributed by atoms with Gasteiger partial charge in [-0.1, -0.05) is 0 Å². The minimum atomic E-state index is 0.531. The molecule has 100 valence electrons. The Hall–Kier alpha value is -2.37. The highest BCUT2D eigenvalue weighted by atomic mass is 16.5. The highest BCUT2D eigenvalue weighted by molar-refractivity contribution is 5.72. The Labute approximate surface area is 111 Å². The third-order valence-corrected chi connectivity index (χ3v) is 2.57. The van der Waals surface area contributed by atoms with Gasteiger partial charge in [0.05, 0.1) is 14.2 Å². The first-order valence-electron chi connectivity index (χ1n) is 5.93. The molecule has 2 heterocycles. The Morgan fingerprint density at radius 3 is 2.68 bits per heavy atom. The third kappa shape index (κ3) is 2.73. The molecule has 0 saturated heterocycles. The molecule has 0 atom stereocenters. The minimum absolute atomic E-state index is 0.531. The van der Waals surface area contributed by atoms with E-state index in [0.717, 1.165) is 12.1 Å². The molecule has 0 bridgehead atoms. The predicted molar refractivity (Wildman–Crippen MR) is 72.5 cm³/mol. The average Bonchev–Trinajstić information content (AvgIpc) is 2.47. The Morgan fingerprint density at radius 1 is 1.16 bits per heavy atom. The highest BCUT2D eigenvalue weighted by Gasteiger charge is 2.14. The van der Waals surface area contributed by atoms with Gasteiger partial charge < -0.3 is 14.8 Å². The molecule has 0 saturated carbocycles. The fraction of sp³-hybridized carbons (Fsp3) is 0.308. The highest BCUT2D eigenvalue weighted by Crippen LogP contribution is 2.33. The van der Waals surface area contributed by atoms with Crippen LogP contribution in [0.2, 0.25) is 0 Å². The van der Waals surface area contributed by atoms with Crippen molar-refractivity contribution in [1.82, 2.24) is 15.0 Å². The van der Waals surface area contributed by atoms with Crippen LogP contribution in [0.4, 0.5) is 5.82 Å². The number of rotatable bonds is 5. The lowest BCUT2D eigenvalue weighted by molar-refractivity contribution is 0.398. The van der Waals surface area contributed by atoms with Crippen LogP contribution in [0.5, 0.6) is 11.6 Å². The molecule has 0 unspecified atom stereocenters. The lowest BCUT2D eigenvalue weighted by Crippen LogP contribution is -2.04. The van der Waals surface area contributed by atoms with Crippen LogP contribution in [0, 0.1) is 0 Å². The fourth-order valence-corrected chi connectivity index (χ4v) is 1.73. The molecule has 0 amide bonds. The lowest BCUT2D eigenvalue weighted by atomic mass is 10.1. The van der Waals surface area contributed by atoms with Crippen molar-refractivity contribution in [3.05, 3.63) is 24.7 Å². The first-order valence-corrected chi connectivity index (χ1v) is 5.93. The van der Waals surface area contributed by atoms with Crippen LogP contribution >= 0.6 is 0 Å². The summed E-state index contributed by atoms with van der Waals surface area (Å²) in [6.07, 6.45) is 3.17. The van der Waals surface area contributed by atoms with Gasteiger partial charge in [-0.25, -0.2) is 15.0 Å². The number of methoxy groups -OCH3 is 2. The largest absolute Gasteiger partial charge is 0.491 e. The quantitative estimate of drug-likeness (QED) is 0.886. The number of nitrogens with one attached hydrogen (secondary N) is 1. The molecule has 0 aliphatic rings. The molecule has 0 radical (unpaired) electrons. The van der Waals surface area contributed by atoms with Crippen LogP contribution in [-0.2, 0) is 0 Å². The van der Waals surface area contributed by atoms with Gasteiger partial charge in [0.2, 0.25) is 5.88 Å². The molecule has 0 aliphatic carbocycles. The summed E-state index contributed by atoms with van der Waals surface area (Å²) in [6, 6.07) is 3.66. The molecule has 0 aromatic carbocycles. The lowest BCUT2D eigenvalue weighted by Gasteiger charge is -2.12. The topological polar surface area (TPSA) is 69.2 Å². The second kappa shape index (κ2) is 5.99. The Morgan fingerprint density at radius 2 is 2.00 bits per heavy atom. The third-order valence-electron chi connectivity index (χ3n) is 2.57. The van der Waals surface area contributed by atoms with E-state index < -0.39 is 0 Å². The van der Waals surface area contributed by atoms with Crippen molar-refractivity contribution in [3.63, 3.8) is 0 Å². The standard InChI is InChI=1S/C13H16N4O2/c1-4-14-13-12(19-3)11(16-8-17-13)9-5-6-15-10(7-9)18-2/h5-8H,4H2,1-3H3,(H,14,16,17). The zero-order chi connectivity index (χ0) is 13.7.